The number of anilines is 1. The van der Waals surface area contributed by atoms with Crippen LogP contribution in [-0.2, 0) is 5.72 Å². The first kappa shape index (κ1) is 9.32. The molecule has 0 aliphatic heterocycles. The van der Waals surface area contributed by atoms with Crippen molar-refractivity contribution in [2.24, 2.45) is 5.73 Å². The van der Waals surface area contributed by atoms with Crippen molar-refractivity contribution in [1.82, 2.24) is 0 Å². The number of nitrogen functional groups attached to an aromatic ring is 1. The van der Waals surface area contributed by atoms with Crippen LogP contribution in [-0.4, -0.2) is 5.11 Å². The summed E-state index contributed by atoms with van der Waals surface area (Å²) < 4.78 is 0. The molecule has 0 bridgehead atoms. The highest BCUT2D eigenvalue weighted by Gasteiger charge is 2.16. The third kappa shape index (κ3) is 1.88. The summed E-state index contributed by atoms with van der Waals surface area (Å²) in [6, 6.07) is 4.80. The molecule has 0 radical (unpaired) electrons. The molecule has 1 unspecified atom stereocenters. The second-order valence-corrected chi connectivity index (χ2v) is 3.29. The van der Waals surface area contributed by atoms with Gasteiger partial charge in [0.1, 0.15) is 5.72 Å². The van der Waals surface area contributed by atoms with E-state index in [4.69, 9.17) is 23.1 Å². The van der Waals surface area contributed by atoms with Crippen molar-refractivity contribution < 1.29 is 5.11 Å². The second-order valence-electron chi connectivity index (χ2n) is 2.88. The van der Waals surface area contributed by atoms with Gasteiger partial charge in [-0.1, -0.05) is 17.7 Å². The number of hydrogen-bond acceptors (Lipinski definition) is 3. The van der Waals surface area contributed by atoms with E-state index >= 15 is 0 Å². The van der Waals surface area contributed by atoms with Gasteiger partial charge in [0.25, 0.3) is 0 Å². The Balaban J connectivity index is 3.14. The zero-order valence-corrected chi connectivity index (χ0v) is 7.47. The van der Waals surface area contributed by atoms with Crippen LogP contribution in [0.5, 0.6) is 0 Å². The molecule has 66 valence electrons. The van der Waals surface area contributed by atoms with Gasteiger partial charge in [0.2, 0.25) is 0 Å². The van der Waals surface area contributed by atoms with Crippen molar-refractivity contribution in [3.05, 3.63) is 28.8 Å². The van der Waals surface area contributed by atoms with Crippen LogP contribution in [0, 0.1) is 0 Å². The fraction of sp³-hybridized carbons (Fsp3) is 0.250. The second kappa shape index (κ2) is 2.94. The number of nitrogens with two attached hydrogens (primary N) is 2. The van der Waals surface area contributed by atoms with E-state index in [2.05, 4.69) is 0 Å². The third-order valence-corrected chi connectivity index (χ3v) is 1.92. The minimum Gasteiger partial charge on any atom is -0.398 e. The molecule has 4 heteroatoms. The summed E-state index contributed by atoms with van der Waals surface area (Å²) in [5.41, 5.74) is 10.6. The molecule has 0 saturated heterocycles. The van der Waals surface area contributed by atoms with Gasteiger partial charge in [-0.2, -0.15) is 0 Å². The average molecular weight is 187 g/mol. The lowest BCUT2D eigenvalue weighted by Gasteiger charge is -2.18. The maximum Gasteiger partial charge on any atom is 0.136 e. The first-order chi connectivity index (χ1) is 5.41. The molecule has 0 fully saturated rings. The van der Waals surface area contributed by atoms with Gasteiger partial charge in [0.05, 0.1) is 10.7 Å². The third-order valence-electron chi connectivity index (χ3n) is 1.58. The largest absolute Gasteiger partial charge is 0.398 e. The zero-order chi connectivity index (χ0) is 9.35. The number of rotatable bonds is 1. The molecule has 0 amide bonds. The molecule has 0 spiro atoms. The predicted molar refractivity (Wildman–Crippen MR) is 49.6 cm³/mol. The summed E-state index contributed by atoms with van der Waals surface area (Å²) in [5, 5.41) is 9.84. The van der Waals surface area contributed by atoms with Crippen LogP contribution < -0.4 is 11.5 Å². The Morgan fingerprint density at radius 1 is 1.50 bits per heavy atom. The molecular weight excluding hydrogens is 176 g/mol. The SMILES string of the molecule is CC(N)(O)c1ccc(Cl)c(N)c1. The Morgan fingerprint density at radius 3 is 2.50 bits per heavy atom. The number of halogens is 1. The van der Waals surface area contributed by atoms with Gasteiger partial charge in [0.15, 0.2) is 0 Å². The van der Waals surface area contributed by atoms with Crippen LogP contribution in [0.2, 0.25) is 5.02 Å². The zero-order valence-electron chi connectivity index (χ0n) is 6.71. The molecule has 1 aromatic carbocycles. The van der Waals surface area contributed by atoms with E-state index in [0.717, 1.165) is 0 Å². The van der Waals surface area contributed by atoms with Crippen molar-refractivity contribution >= 4 is 17.3 Å². The van der Waals surface area contributed by atoms with Crippen LogP contribution in [0.25, 0.3) is 0 Å². The summed E-state index contributed by atoms with van der Waals surface area (Å²) in [5.74, 6) is 0. The Kier molecular flexibility index (Phi) is 2.28. The highest BCUT2D eigenvalue weighted by Crippen LogP contribution is 2.23. The quantitative estimate of drug-likeness (QED) is 0.454. The van der Waals surface area contributed by atoms with Crippen molar-refractivity contribution in [3.63, 3.8) is 0 Å². The molecule has 0 aliphatic rings. The summed E-state index contributed by atoms with van der Waals surface area (Å²) in [6.07, 6.45) is 0. The van der Waals surface area contributed by atoms with E-state index in [-0.39, 0.29) is 0 Å². The van der Waals surface area contributed by atoms with Gasteiger partial charge in [-0.15, -0.1) is 0 Å². The van der Waals surface area contributed by atoms with Gasteiger partial charge in [-0.3, -0.25) is 0 Å². The van der Waals surface area contributed by atoms with Crippen molar-refractivity contribution in [1.29, 1.82) is 0 Å². The molecular formula is C8H11ClN2O. The first-order valence-electron chi connectivity index (χ1n) is 3.48. The van der Waals surface area contributed by atoms with Crippen molar-refractivity contribution in [2.45, 2.75) is 12.6 Å². The predicted octanol–water partition coefficient (Wildman–Crippen LogP) is 1.05. The van der Waals surface area contributed by atoms with Crippen LogP contribution >= 0.6 is 11.6 Å². The number of aliphatic hydroxyl groups is 1. The van der Waals surface area contributed by atoms with E-state index in [0.29, 0.717) is 16.3 Å². The van der Waals surface area contributed by atoms with Gasteiger partial charge in [-0.05, 0) is 24.6 Å². The van der Waals surface area contributed by atoms with E-state index in [1.807, 2.05) is 0 Å². The van der Waals surface area contributed by atoms with E-state index in [1.54, 1.807) is 18.2 Å². The summed E-state index contributed by atoms with van der Waals surface area (Å²) in [7, 11) is 0. The van der Waals surface area contributed by atoms with Gasteiger partial charge in [0, 0.05) is 0 Å². The Labute approximate surface area is 75.9 Å². The normalized spacial score (nSPS) is 15.7. The minimum atomic E-state index is -1.36. The van der Waals surface area contributed by atoms with Crippen molar-refractivity contribution in [3.8, 4) is 0 Å². The van der Waals surface area contributed by atoms with E-state index < -0.39 is 5.72 Å². The molecule has 12 heavy (non-hydrogen) atoms. The molecule has 3 nitrogen and oxygen atoms in total. The van der Waals surface area contributed by atoms with Crippen LogP contribution in [0.15, 0.2) is 18.2 Å². The first-order valence-corrected chi connectivity index (χ1v) is 3.86. The smallest absolute Gasteiger partial charge is 0.136 e. The maximum absolute atomic E-state index is 9.38. The molecule has 0 heterocycles. The Hall–Kier alpha value is -0.770. The highest BCUT2D eigenvalue weighted by atomic mass is 35.5. The van der Waals surface area contributed by atoms with Gasteiger partial charge >= 0.3 is 0 Å². The van der Waals surface area contributed by atoms with Crippen LogP contribution in [0.1, 0.15) is 12.5 Å². The monoisotopic (exact) mass is 186 g/mol. The molecule has 0 aliphatic carbocycles. The lowest BCUT2D eigenvalue weighted by molar-refractivity contribution is 0.0648. The molecule has 1 rings (SSSR count). The Bertz CT molecular complexity index is 294. The Morgan fingerprint density at radius 2 is 2.08 bits per heavy atom. The fourth-order valence-electron chi connectivity index (χ4n) is 0.859. The number of benzene rings is 1. The van der Waals surface area contributed by atoms with Crippen LogP contribution in [0.4, 0.5) is 5.69 Å². The maximum atomic E-state index is 9.38. The molecule has 5 N–H and O–H groups in total. The fourth-order valence-corrected chi connectivity index (χ4v) is 0.976. The van der Waals surface area contributed by atoms with Gasteiger partial charge in [-0.25, -0.2) is 0 Å². The average Bonchev–Trinajstić information content (AvgIpc) is 1.92. The van der Waals surface area contributed by atoms with E-state index in [1.165, 1.54) is 6.92 Å². The van der Waals surface area contributed by atoms with Crippen LogP contribution in [0.3, 0.4) is 0 Å². The molecule has 0 aromatic heterocycles. The van der Waals surface area contributed by atoms with E-state index in [9.17, 15) is 5.11 Å². The topological polar surface area (TPSA) is 72.3 Å². The van der Waals surface area contributed by atoms with Crippen molar-refractivity contribution in [2.75, 3.05) is 5.73 Å². The summed E-state index contributed by atoms with van der Waals surface area (Å²) in [6.45, 7) is 1.48. The summed E-state index contributed by atoms with van der Waals surface area (Å²) >= 11 is 5.68. The lowest BCUT2D eigenvalue weighted by atomic mass is 10.1. The molecule has 1 atom stereocenters. The lowest BCUT2D eigenvalue weighted by Crippen LogP contribution is -2.32. The highest BCUT2D eigenvalue weighted by molar-refractivity contribution is 6.33. The molecule has 0 saturated carbocycles. The van der Waals surface area contributed by atoms with Gasteiger partial charge < -0.3 is 16.6 Å². The standard InChI is InChI=1S/C8H11ClN2O/c1-8(11,12)5-2-3-6(9)7(10)4-5/h2-4,12H,10-11H2,1H3. The molecule has 1 aromatic rings. The number of hydrogen-bond donors (Lipinski definition) is 3. The minimum absolute atomic E-state index is 0.417. The summed E-state index contributed by atoms with van der Waals surface area (Å²) in [4.78, 5) is 0.